The molecule has 0 fully saturated rings. The van der Waals surface area contributed by atoms with E-state index in [9.17, 15) is 18.0 Å². The zero-order chi connectivity index (χ0) is 23.2. The van der Waals surface area contributed by atoms with Crippen molar-refractivity contribution in [2.75, 3.05) is 25.5 Å². The molecule has 31 heavy (non-hydrogen) atoms. The third kappa shape index (κ3) is 7.34. The second-order valence-corrected chi connectivity index (χ2v) is 10.4. The Morgan fingerprint density at radius 1 is 1.03 bits per heavy atom. The molecule has 0 unspecified atom stereocenters. The van der Waals surface area contributed by atoms with Crippen molar-refractivity contribution in [1.82, 2.24) is 9.62 Å². The Hall–Kier alpha value is -2.42. The van der Waals surface area contributed by atoms with Crippen LogP contribution in [0.5, 0.6) is 0 Å². The maximum Gasteiger partial charge on any atom is 0.244 e. The summed E-state index contributed by atoms with van der Waals surface area (Å²) in [6.07, 6.45) is -0.0742. The van der Waals surface area contributed by atoms with E-state index in [1.165, 1.54) is 11.9 Å². The van der Waals surface area contributed by atoms with Crippen molar-refractivity contribution in [2.45, 2.75) is 37.5 Å². The smallest absolute Gasteiger partial charge is 0.244 e. The Labute approximate surface area is 188 Å². The van der Waals surface area contributed by atoms with Crippen LogP contribution in [0.15, 0.2) is 53.4 Å². The highest BCUT2D eigenvalue weighted by atomic mass is 35.5. The lowest BCUT2D eigenvalue weighted by molar-refractivity contribution is -0.133. The quantitative estimate of drug-likeness (QED) is 0.624. The number of carbonyl (C=O) groups excluding carboxylic acids is 2. The molecule has 0 aliphatic carbocycles. The van der Waals surface area contributed by atoms with E-state index in [1.807, 2.05) is 20.8 Å². The van der Waals surface area contributed by atoms with Gasteiger partial charge in [-0.1, -0.05) is 56.6 Å². The van der Waals surface area contributed by atoms with Crippen molar-refractivity contribution in [3.63, 3.8) is 0 Å². The van der Waals surface area contributed by atoms with Crippen molar-refractivity contribution in [3.05, 3.63) is 59.1 Å². The molecule has 0 radical (unpaired) electrons. The van der Waals surface area contributed by atoms with Crippen molar-refractivity contribution in [2.24, 2.45) is 0 Å². The Bertz CT molecular complexity index is 1030. The van der Waals surface area contributed by atoms with Gasteiger partial charge in [-0.05, 0) is 35.2 Å². The lowest BCUT2D eigenvalue weighted by atomic mass is 9.87. The first-order valence-electron chi connectivity index (χ1n) is 9.79. The summed E-state index contributed by atoms with van der Waals surface area (Å²) in [5.74, 6) is -0.761. The summed E-state index contributed by atoms with van der Waals surface area (Å²) >= 11 is 6.00. The molecule has 0 aliphatic rings. The number of rotatable bonds is 8. The Kier molecular flexibility index (Phi) is 8.22. The summed E-state index contributed by atoms with van der Waals surface area (Å²) in [6.45, 7) is 5.90. The van der Waals surface area contributed by atoms with E-state index < -0.39 is 15.9 Å². The summed E-state index contributed by atoms with van der Waals surface area (Å²) in [7, 11) is -2.25. The third-order valence-corrected chi connectivity index (χ3v) is 6.42. The van der Waals surface area contributed by atoms with E-state index in [1.54, 1.807) is 48.5 Å². The van der Waals surface area contributed by atoms with Crippen LogP contribution in [0.1, 0.15) is 32.8 Å². The van der Waals surface area contributed by atoms with Gasteiger partial charge in [-0.15, -0.1) is 0 Å². The topological polar surface area (TPSA) is 95.6 Å². The lowest BCUT2D eigenvalue weighted by Crippen LogP contribution is -2.37. The van der Waals surface area contributed by atoms with E-state index in [0.717, 1.165) is 5.56 Å². The standard InChI is InChI=1S/C22H28ClN3O4S/c1-22(2,3)16-9-11-17(12-10-16)31(29,30)24-14-13-21(28)26(4)15-20(27)25-19-8-6-5-7-18(19)23/h5-12,24H,13-15H2,1-4H3,(H,25,27). The van der Waals surface area contributed by atoms with Gasteiger partial charge in [-0.2, -0.15) is 0 Å². The Balaban J connectivity index is 1.84. The molecule has 168 valence electrons. The monoisotopic (exact) mass is 465 g/mol. The minimum Gasteiger partial charge on any atom is -0.336 e. The van der Waals surface area contributed by atoms with Gasteiger partial charge in [0.15, 0.2) is 0 Å². The van der Waals surface area contributed by atoms with Gasteiger partial charge >= 0.3 is 0 Å². The van der Waals surface area contributed by atoms with Gasteiger partial charge in [-0.25, -0.2) is 13.1 Å². The van der Waals surface area contributed by atoms with Crippen LogP contribution in [0.25, 0.3) is 0 Å². The van der Waals surface area contributed by atoms with Crippen LogP contribution >= 0.6 is 11.6 Å². The normalized spacial score (nSPS) is 11.8. The molecule has 2 N–H and O–H groups in total. The number of likely N-dealkylation sites (N-methyl/N-ethyl adjacent to an activating group) is 1. The van der Waals surface area contributed by atoms with E-state index in [4.69, 9.17) is 11.6 Å². The molecule has 0 heterocycles. The summed E-state index contributed by atoms with van der Waals surface area (Å²) in [6, 6.07) is 13.5. The number of anilines is 1. The van der Waals surface area contributed by atoms with E-state index >= 15 is 0 Å². The third-order valence-electron chi connectivity index (χ3n) is 4.62. The molecule has 0 aliphatic heterocycles. The van der Waals surface area contributed by atoms with Gasteiger partial charge < -0.3 is 10.2 Å². The molecule has 0 spiro atoms. The highest BCUT2D eigenvalue weighted by molar-refractivity contribution is 7.89. The molecule has 0 saturated heterocycles. The number of sulfonamides is 1. The van der Waals surface area contributed by atoms with Crippen LogP contribution in [0.4, 0.5) is 5.69 Å². The van der Waals surface area contributed by atoms with Gasteiger partial charge in [0.2, 0.25) is 21.8 Å². The van der Waals surface area contributed by atoms with Gasteiger partial charge in [0.1, 0.15) is 0 Å². The van der Waals surface area contributed by atoms with Crippen LogP contribution in [-0.4, -0.2) is 45.3 Å². The molecule has 0 aromatic heterocycles. The molecule has 0 atom stereocenters. The number of hydrogen-bond acceptors (Lipinski definition) is 4. The van der Waals surface area contributed by atoms with Gasteiger partial charge in [0.25, 0.3) is 0 Å². The highest BCUT2D eigenvalue weighted by Crippen LogP contribution is 2.23. The van der Waals surface area contributed by atoms with Crippen LogP contribution in [0.2, 0.25) is 5.02 Å². The van der Waals surface area contributed by atoms with Crippen molar-refractivity contribution >= 4 is 39.1 Å². The number of hydrogen-bond donors (Lipinski definition) is 2. The number of amides is 2. The zero-order valence-electron chi connectivity index (χ0n) is 18.1. The summed E-state index contributed by atoms with van der Waals surface area (Å²) < 4.78 is 27.3. The molecule has 2 rings (SSSR count). The number of nitrogens with zero attached hydrogens (tertiary/aromatic N) is 1. The average Bonchev–Trinajstić information content (AvgIpc) is 2.69. The maximum atomic E-state index is 12.4. The summed E-state index contributed by atoms with van der Waals surface area (Å²) in [4.78, 5) is 25.8. The van der Waals surface area contributed by atoms with Crippen LogP contribution < -0.4 is 10.0 Å². The first kappa shape index (κ1) is 24.8. The molecule has 7 nitrogen and oxygen atoms in total. The fourth-order valence-corrected chi connectivity index (χ4v) is 3.97. The lowest BCUT2D eigenvalue weighted by Gasteiger charge is -2.19. The van der Waals surface area contributed by atoms with Crippen LogP contribution in [-0.2, 0) is 25.0 Å². The Morgan fingerprint density at radius 2 is 1.65 bits per heavy atom. The molecule has 0 saturated carbocycles. The summed E-state index contributed by atoms with van der Waals surface area (Å²) in [5, 5.41) is 3.03. The zero-order valence-corrected chi connectivity index (χ0v) is 19.7. The first-order chi connectivity index (χ1) is 14.4. The van der Waals surface area contributed by atoms with Crippen molar-refractivity contribution in [3.8, 4) is 0 Å². The number of carbonyl (C=O) groups is 2. The fraction of sp³-hybridized carbons (Fsp3) is 0.364. The molecule has 9 heteroatoms. The minimum atomic E-state index is -3.73. The van der Waals surface area contributed by atoms with E-state index in [2.05, 4.69) is 10.0 Å². The molecule has 2 aromatic rings. The van der Waals surface area contributed by atoms with Gasteiger partial charge in [0, 0.05) is 20.0 Å². The molecule has 2 aromatic carbocycles. The number of benzene rings is 2. The highest BCUT2D eigenvalue weighted by Gasteiger charge is 2.19. The van der Waals surface area contributed by atoms with Crippen LogP contribution in [0, 0.1) is 0 Å². The molecule has 2 amide bonds. The maximum absolute atomic E-state index is 12.4. The summed E-state index contributed by atoms with van der Waals surface area (Å²) in [5.41, 5.74) is 1.41. The second-order valence-electron chi connectivity index (χ2n) is 8.20. The predicted molar refractivity (Wildman–Crippen MR) is 123 cm³/mol. The number of halogens is 1. The van der Waals surface area contributed by atoms with E-state index in [0.29, 0.717) is 10.7 Å². The fourth-order valence-electron chi connectivity index (χ4n) is 2.76. The van der Waals surface area contributed by atoms with Gasteiger partial charge in [0.05, 0.1) is 22.2 Å². The SMILES string of the molecule is CN(CC(=O)Nc1ccccc1Cl)C(=O)CCNS(=O)(=O)c1ccc(C(C)(C)C)cc1. The number of nitrogens with one attached hydrogen (secondary N) is 2. The van der Waals surface area contributed by atoms with Gasteiger partial charge in [-0.3, -0.25) is 9.59 Å². The predicted octanol–water partition coefficient (Wildman–Crippen LogP) is 3.40. The minimum absolute atomic E-state index is 0.0708. The molecular weight excluding hydrogens is 438 g/mol. The Morgan fingerprint density at radius 3 is 2.23 bits per heavy atom. The van der Waals surface area contributed by atoms with Crippen molar-refractivity contribution in [1.29, 1.82) is 0 Å². The molecule has 0 bridgehead atoms. The van der Waals surface area contributed by atoms with Crippen molar-refractivity contribution < 1.29 is 18.0 Å². The first-order valence-corrected chi connectivity index (χ1v) is 11.6. The largest absolute Gasteiger partial charge is 0.336 e. The average molecular weight is 466 g/mol. The van der Waals surface area contributed by atoms with Crippen LogP contribution in [0.3, 0.4) is 0 Å². The second kappa shape index (κ2) is 10.3. The van der Waals surface area contributed by atoms with E-state index in [-0.39, 0.29) is 35.7 Å². The number of para-hydroxylation sites is 1. The molecular formula is C22H28ClN3O4S.